The van der Waals surface area contributed by atoms with Gasteiger partial charge in [0.05, 0.1) is 0 Å². The molecule has 0 aliphatic heterocycles. The first-order valence-corrected chi connectivity index (χ1v) is 6.38. The minimum Gasteiger partial charge on any atom is -0.323 e. The number of nitrogens with two attached hydrogens (primary N) is 1. The molecule has 16 heavy (non-hydrogen) atoms. The van der Waals surface area contributed by atoms with Crippen LogP contribution < -0.4 is 11.1 Å². The Kier molecular flexibility index (Phi) is 4.22. The third-order valence-electron chi connectivity index (χ3n) is 3.28. The third kappa shape index (κ3) is 3.21. The Bertz CT molecular complexity index is 317. The molecule has 1 unspecified atom stereocenters. The molecular formula is C13H19ClN2. The van der Waals surface area contributed by atoms with E-state index in [2.05, 4.69) is 5.32 Å². The minimum atomic E-state index is 0.0675. The molecule has 3 heteroatoms. The maximum Gasteiger partial charge on any atom is 0.0421 e. The first-order chi connectivity index (χ1) is 7.75. The van der Waals surface area contributed by atoms with E-state index in [0.717, 1.165) is 17.1 Å². The van der Waals surface area contributed by atoms with E-state index in [1.54, 1.807) is 0 Å². The zero-order valence-corrected chi connectivity index (χ0v) is 10.2. The highest BCUT2D eigenvalue weighted by atomic mass is 35.5. The van der Waals surface area contributed by atoms with Crippen molar-refractivity contribution in [3.63, 3.8) is 0 Å². The smallest absolute Gasteiger partial charge is 0.0421 e. The Morgan fingerprint density at radius 2 is 1.88 bits per heavy atom. The second-order valence-corrected chi connectivity index (χ2v) is 4.98. The van der Waals surface area contributed by atoms with Crippen molar-refractivity contribution < 1.29 is 0 Å². The zero-order valence-electron chi connectivity index (χ0n) is 9.45. The molecule has 3 N–H and O–H groups in total. The van der Waals surface area contributed by atoms with E-state index in [1.807, 2.05) is 24.3 Å². The predicted molar refractivity (Wildman–Crippen MR) is 68.6 cm³/mol. The highest BCUT2D eigenvalue weighted by molar-refractivity contribution is 6.30. The number of rotatable bonds is 4. The summed E-state index contributed by atoms with van der Waals surface area (Å²) in [6, 6.07) is 8.54. The molecule has 1 aromatic carbocycles. The van der Waals surface area contributed by atoms with Gasteiger partial charge in [-0.25, -0.2) is 0 Å². The molecule has 1 atom stereocenters. The Balaban J connectivity index is 1.82. The van der Waals surface area contributed by atoms with Gasteiger partial charge < -0.3 is 11.1 Å². The molecule has 0 saturated heterocycles. The second kappa shape index (κ2) is 5.67. The predicted octanol–water partition coefficient (Wildman–Crippen LogP) is 2.87. The topological polar surface area (TPSA) is 38.0 Å². The quantitative estimate of drug-likeness (QED) is 0.847. The van der Waals surface area contributed by atoms with Crippen LogP contribution in [-0.4, -0.2) is 12.6 Å². The van der Waals surface area contributed by atoms with Crippen molar-refractivity contribution in [3.8, 4) is 0 Å². The van der Waals surface area contributed by atoms with Crippen molar-refractivity contribution in [2.75, 3.05) is 6.54 Å². The number of hydrogen-bond donors (Lipinski definition) is 2. The Hall–Kier alpha value is -0.570. The summed E-state index contributed by atoms with van der Waals surface area (Å²) in [7, 11) is 0. The molecule has 1 fully saturated rings. The van der Waals surface area contributed by atoms with Gasteiger partial charge in [-0.3, -0.25) is 0 Å². The van der Waals surface area contributed by atoms with Crippen LogP contribution in [0.15, 0.2) is 24.3 Å². The van der Waals surface area contributed by atoms with E-state index in [0.29, 0.717) is 6.04 Å². The van der Waals surface area contributed by atoms with Crippen molar-refractivity contribution in [3.05, 3.63) is 34.9 Å². The SMILES string of the molecule is NC(CNC1CCCC1)c1ccc(Cl)cc1. The summed E-state index contributed by atoms with van der Waals surface area (Å²) in [5, 5.41) is 4.30. The highest BCUT2D eigenvalue weighted by Crippen LogP contribution is 2.19. The Morgan fingerprint density at radius 1 is 1.25 bits per heavy atom. The lowest BCUT2D eigenvalue weighted by molar-refractivity contribution is 0.492. The molecule has 0 spiro atoms. The molecule has 0 heterocycles. The van der Waals surface area contributed by atoms with Crippen LogP contribution in [0.1, 0.15) is 37.3 Å². The minimum absolute atomic E-state index is 0.0675. The van der Waals surface area contributed by atoms with Crippen molar-refractivity contribution in [1.29, 1.82) is 0 Å². The lowest BCUT2D eigenvalue weighted by Crippen LogP contribution is -2.33. The molecule has 0 amide bonds. The largest absolute Gasteiger partial charge is 0.323 e. The number of nitrogens with one attached hydrogen (secondary N) is 1. The van der Waals surface area contributed by atoms with Gasteiger partial charge >= 0.3 is 0 Å². The van der Waals surface area contributed by atoms with Crippen LogP contribution in [0.4, 0.5) is 0 Å². The van der Waals surface area contributed by atoms with Gasteiger partial charge in [0.25, 0.3) is 0 Å². The summed E-state index contributed by atoms with van der Waals surface area (Å²) in [6.45, 7) is 0.853. The summed E-state index contributed by atoms with van der Waals surface area (Å²) in [4.78, 5) is 0. The maximum atomic E-state index is 6.12. The van der Waals surface area contributed by atoms with Gasteiger partial charge in [0, 0.05) is 23.7 Å². The van der Waals surface area contributed by atoms with Crippen LogP contribution in [0.5, 0.6) is 0 Å². The van der Waals surface area contributed by atoms with Crippen LogP contribution in [-0.2, 0) is 0 Å². The number of hydrogen-bond acceptors (Lipinski definition) is 2. The number of benzene rings is 1. The summed E-state index contributed by atoms with van der Waals surface area (Å²) in [6.07, 6.45) is 5.31. The van der Waals surface area contributed by atoms with E-state index in [1.165, 1.54) is 25.7 Å². The van der Waals surface area contributed by atoms with E-state index < -0.39 is 0 Å². The second-order valence-electron chi connectivity index (χ2n) is 4.55. The van der Waals surface area contributed by atoms with E-state index in [9.17, 15) is 0 Å². The number of halogens is 1. The summed E-state index contributed by atoms with van der Waals surface area (Å²) < 4.78 is 0. The molecule has 1 saturated carbocycles. The molecule has 88 valence electrons. The molecule has 0 radical (unpaired) electrons. The fourth-order valence-electron chi connectivity index (χ4n) is 2.25. The first-order valence-electron chi connectivity index (χ1n) is 6.00. The van der Waals surface area contributed by atoms with Crippen LogP contribution >= 0.6 is 11.6 Å². The zero-order chi connectivity index (χ0) is 11.4. The maximum absolute atomic E-state index is 6.12. The summed E-state index contributed by atoms with van der Waals surface area (Å²) >= 11 is 5.84. The summed E-state index contributed by atoms with van der Waals surface area (Å²) in [5.74, 6) is 0. The molecule has 2 rings (SSSR count). The van der Waals surface area contributed by atoms with Gasteiger partial charge in [0.15, 0.2) is 0 Å². The molecular weight excluding hydrogens is 220 g/mol. The van der Waals surface area contributed by atoms with Crippen molar-refractivity contribution in [2.45, 2.75) is 37.8 Å². The molecule has 2 nitrogen and oxygen atoms in total. The highest BCUT2D eigenvalue weighted by Gasteiger charge is 2.15. The molecule has 0 aromatic heterocycles. The Morgan fingerprint density at radius 3 is 2.50 bits per heavy atom. The average Bonchev–Trinajstić information content (AvgIpc) is 2.80. The van der Waals surface area contributed by atoms with Crippen LogP contribution in [0.25, 0.3) is 0 Å². The van der Waals surface area contributed by atoms with E-state index in [-0.39, 0.29) is 6.04 Å². The fraction of sp³-hybridized carbons (Fsp3) is 0.538. The van der Waals surface area contributed by atoms with E-state index >= 15 is 0 Å². The first kappa shape index (κ1) is 11.9. The van der Waals surface area contributed by atoms with E-state index in [4.69, 9.17) is 17.3 Å². The monoisotopic (exact) mass is 238 g/mol. The van der Waals surface area contributed by atoms with Gasteiger partial charge in [0.2, 0.25) is 0 Å². The van der Waals surface area contributed by atoms with Crippen molar-refractivity contribution >= 4 is 11.6 Å². The van der Waals surface area contributed by atoms with Crippen LogP contribution in [0, 0.1) is 0 Å². The van der Waals surface area contributed by atoms with Crippen molar-refractivity contribution in [2.24, 2.45) is 5.73 Å². The Labute approximate surface area is 102 Å². The lowest BCUT2D eigenvalue weighted by Gasteiger charge is -2.17. The van der Waals surface area contributed by atoms with Gasteiger partial charge in [-0.2, -0.15) is 0 Å². The lowest BCUT2D eigenvalue weighted by atomic mass is 10.1. The molecule has 1 aliphatic carbocycles. The molecule has 0 bridgehead atoms. The standard InChI is InChI=1S/C13H19ClN2/c14-11-7-5-10(6-8-11)13(15)9-16-12-3-1-2-4-12/h5-8,12-13,16H,1-4,9,15H2. The van der Waals surface area contributed by atoms with Gasteiger partial charge in [-0.15, -0.1) is 0 Å². The fourth-order valence-corrected chi connectivity index (χ4v) is 2.38. The third-order valence-corrected chi connectivity index (χ3v) is 3.53. The molecule has 1 aromatic rings. The summed E-state index contributed by atoms with van der Waals surface area (Å²) in [5.41, 5.74) is 7.27. The van der Waals surface area contributed by atoms with Crippen LogP contribution in [0.2, 0.25) is 5.02 Å². The molecule has 1 aliphatic rings. The van der Waals surface area contributed by atoms with Crippen molar-refractivity contribution in [1.82, 2.24) is 5.32 Å². The van der Waals surface area contributed by atoms with Gasteiger partial charge in [-0.05, 0) is 30.5 Å². The van der Waals surface area contributed by atoms with Gasteiger partial charge in [-0.1, -0.05) is 36.6 Å². The van der Waals surface area contributed by atoms with Crippen LogP contribution in [0.3, 0.4) is 0 Å². The van der Waals surface area contributed by atoms with Gasteiger partial charge in [0.1, 0.15) is 0 Å². The normalized spacial score (nSPS) is 18.9. The average molecular weight is 239 g/mol.